The Kier molecular flexibility index (Phi) is 4.92. The lowest BCUT2D eigenvalue weighted by Gasteiger charge is -2.28. The minimum absolute atomic E-state index is 0.126. The first kappa shape index (κ1) is 19.4. The zero-order valence-electron chi connectivity index (χ0n) is 16.5. The van der Waals surface area contributed by atoms with Crippen molar-refractivity contribution >= 4 is 48.1 Å². The SMILES string of the molecule is CS(=O)(=O)CCc1cc2nc(-c3cccc4[nH]ncc34)nc(N3CCOCC3)c2s1. The number of thiophene rings is 1. The standard InChI is InChI=1S/C20H21N5O3S2/c1-30(26,27)10-5-13-11-17-18(29-13)20(25-6-8-28-9-7-25)23-19(22-17)14-3-2-4-16-15(14)12-21-24-16/h2-4,11-12H,5-10H2,1H3,(H,21,24). The van der Waals surface area contributed by atoms with E-state index >= 15 is 0 Å². The molecule has 30 heavy (non-hydrogen) atoms. The number of H-pyrrole nitrogens is 1. The number of hydrogen-bond donors (Lipinski definition) is 1. The van der Waals surface area contributed by atoms with Crippen molar-refractivity contribution in [2.75, 3.05) is 43.2 Å². The topological polar surface area (TPSA) is 101 Å². The molecule has 1 aliphatic heterocycles. The molecule has 4 aromatic rings. The van der Waals surface area contributed by atoms with Crippen LogP contribution < -0.4 is 4.90 Å². The second-order valence-corrected chi connectivity index (χ2v) is 10.8. The van der Waals surface area contributed by atoms with Crippen molar-refractivity contribution in [2.24, 2.45) is 0 Å². The number of nitrogens with one attached hydrogen (secondary N) is 1. The molecule has 4 heterocycles. The van der Waals surface area contributed by atoms with Crippen LogP contribution in [0.3, 0.4) is 0 Å². The van der Waals surface area contributed by atoms with Gasteiger partial charge in [-0.1, -0.05) is 12.1 Å². The summed E-state index contributed by atoms with van der Waals surface area (Å²) in [6, 6.07) is 7.93. The minimum atomic E-state index is -3.03. The van der Waals surface area contributed by atoms with Crippen LogP contribution in [0.4, 0.5) is 5.82 Å². The summed E-state index contributed by atoms with van der Waals surface area (Å²) >= 11 is 1.58. The molecule has 1 aromatic carbocycles. The molecule has 10 heteroatoms. The Morgan fingerprint density at radius 1 is 1.23 bits per heavy atom. The smallest absolute Gasteiger partial charge is 0.162 e. The van der Waals surface area contributed by atoms with E-state index in [2.05, 4.69) is 15.1 Å². The molecule has 0 amide bonds. The van der Waals surface area contributed by atoms with Gasteiger partial charge in [-0.25, -0.2) is 18.4 Å². The Bertz CT molecular complexity index is 1320. The lowest BCUT2D eigenvalue weighted by Crippen LogP contribution is -2.36. The van der Waals surface area contributed by atoms with Crippen LogP contribution in [0, 0.1) is 0 Å². The first-order valence-corrected chi connectivity index (χ1v) is 12.6. The fraction of sp³-hybridized carbons (Fsp3) is 0.350. The Hall–Kier alpha value is -2.56. The van der Waals surface area contributed by atoms with Gasteiger partial charge in [0.05, 0.1) is 40.9 Å². The van der Waals surface area contributed by atoms with Gasteiger partial charge in [0.25, 0.3) is 0 Å². The molecular formula is C20H21N5O3S2. The van der Waals surface area contributed by atoms with Gasteiger partial charge in [-0.2, -0.15) is 5.10 Å². The van der Waals surface area contributed by atoms with E-state index in [1.54, 1.807) is 17.5 Å². The number of benzene rings is 1. The van der Waals surface area contributed by atoms with Crippen molar-refractivity contribution in [3.8, 4) is 11.4 Å². The van der Waals surface area contributed by atoms with Gasteiger partial charge in [-0.3, -0.25) is 5.10 Å². The number of ether oxygens (including phenoxy) is 1. The second-order valence-electron chi connectivity index (χ2n) is 7.41. The fourth-order valence-corrected chi connectivity index (χ4v) is 5.48. The summed E-state index contributed by atoms with van der Waals surface area (Å²) in [5, 5.41) is 8.11. The van der Waals surface area contributed by atoms with E-state index < -0.39 is 9.84 Å². The molecule has 0 aliphatic carbocycles. The molecule has 8 nitrogen and oxygen atoms in total. The van der Waals surface area contributed by atoms with E-state index in [-0.39, 0.29) is 5.75 Å². The highest BCUT2D eigenvalue weighted by Crippen LogP contribution is 2.36. The van der Waals surface area contributed by atoms with E-state index in [9.17, 15) is 8.42 Å². The molecule has 0 radical (unpaired) electrons. The molecule has 0 unspecified atom stereocenters. The van der Waals surface area contributed by atoms with Crippen LogP contribution in [0.2, 0.25) is 0 Å². The molecule has 156 valence electrons. The lowest BCUT2D eigenvalue weighted by atomic mass is 10.1. The number of fused-ring (bicyclic) bond motifs is 2. The van der Waals surface area contributed by atoms with E-state index in [4.69, 9.17) is 14.7 Å². The molecule has 0 atom stereocenters. The molecule has 0 bridgehead atoms. The largest absolute Gasteiger partial charge is 0.378 e. The summed E-state index contributed by atoms with van der Waals surface area (Å²) in [5.74, 6) is 1.65. The Morgan fingerprint density at radius 2 is 2.07 bits per heavy atom. The Labute approximate surface area is 177 Å². The van der Waals surface area contributed by atoms with Crippen molar-refractivity contribution in [3.63, 3.8) is 0 Å². The summed E-state index contributed by atoms with van der Waals surface area (Å²) < 4.78 is 29.7. The third kappa shape index (κ3) is 3.78. The maximum Gasteiger partial charge on any atom is 0.162 e. The summed E-state index contributed by atoms with van der Waals surface area (Å²) in [6.45, 7) is 2.84. The van der Waals surface area contributed by atoms with Gasteiger partial charge in [-0.05, 0) is 18.6 Å². The minimum Gasteiger partial charge on any atom is -0.378 e. The van der Waals surface area contributed by atoms with Crippen molar-refractivity contribution in [3.05, 3.63) is 35.3 Å². The van der Waals surface area contributed by atoms with Crippen molar-refractivity contribution < 1.29 is 13.2 Å². The monoisotopic (exact) mass is 443 g/mol. The van der Waals surface area contributed by atoms with Gasteiger partial charge in [-0.15, -0.1) is 11.3 Å². The summed E-state index contributed by atoms with van der Waals surface area (Å²) in [4.78, 5) is 13.0. The lowest BCUT2D eigenvalue weighted by molar-refractivity contribution is 0.122. The molecule has 0 saturated carbocycles. The van der Waals surface area contributed by atoms with Crippen LogP contribution in [0.5, 0.6) is 0 Å². The molecule has 0 spiro atoms. The summed E-state index contributed by atoms with van der Waals surface area (Å²) in [6.07, 6.45) is 3.54. The number of nitrogens with zero attached hydrogens (tertiary/aromatic N) is 4. The van der Waals surface area contributed by atoms with Crippen molar-refractivity contribution in [1.29, 1.82) is 0 Å². The third-order valence-electron chi connectivity index (χ3n) is 5.16. The predicted molar refractivity (Wildman–Crippen MR) is 119 cm³/mol. The van der Waals surface area contributed by atoms with Crippen LogP contribution in [0.25, 0.3) is 32.5 Å². The Balaban J connectivity index is 1.65. The number of hydrogen-bond acceptors (Lipinski definition) is 8. The molecule has 1 fully saturated rings. The first-order chi connectivity index (χ1) is 14.5. The number of aryl methyl sites for hydroxylation is 1. The first-order valence-electron chi connectivity index (χ1n) is 9.71. The number of rotatable bonds is 5. The molecule has 1 aliphatic rings. The Morgan fingerprint density at radius 3 is 2.87 bits per heavy atom. The highest BCUT2D eigenvalue weighted by molar-refractivity contribution is 7.90. The average Bonchev–Trinajstić information content (AvgIpc) is 3.38. The van der Waals surface area contributed by atoms with Crippen LogP contribution in [-0.4, -0.2) is 66.9 Å². The van der Waals surface area contributed by atoms with Gasteiger partial charge in [0, 0.05) is 35.2 Å². The third-order valence-corrected chi connectivity index (χ3v) is 7.29. The van der Waals surface area contributed by atoms with Gasteiger partial charge in [0.15, 0.2) is 11.6 Å². The highest BCUT2D eigenvalue weighted by Gasteiger charge is 2.21. The van der Waals surface area contributed by atoms with Crippen molar-refractivity contribution in [1.82, 2.24) is 20.2 Å². The summed E-state index contributed by atoms with van der Waals surface area (Å²) in [7, 11) is -3.03. The van der Waals surface area contributed by atoms with Gasteiger partial charge in [0.2, 0.25) is 0 Å². The quantitative estimate of drug-likeness (QED) is 0.506. The zero-order chi connectivity index (χ0) is 20.7. The van der Waals surface area contributed by atoms with Crippen LogP contribution in [0.15, 0.2) is 30.5 Å². The van der Waals surface area contributed by atoms with E-state index in [1.807, 2.05) is 24.3 Å². The number of aromatic amines is 1. The van der Waals surface area contributed by atoms with Gasteiger partial charge in [0.1, 0.15) is 9.84 Å². The number of aromatic nitrogens is 4. The van der Waals surface area contributed by atoms with E-state index in [0.29, 0.717) is 25.5 Å². The molecule has 5 rings (SSSR count). The van der Waals surface area contributed by atoms with Crippen LogP contribution >= 0.6 is 11.3 Å². The fourth-order valence-electron chi connectivity index (χ4n) is 3.65. The molecule has 3 aromatic heterocycles. The number of morpholine rings is 1. The van der Waals surface area contributed by atoms with Gasteiger partial charge < -0.3 is 9.64 Å². The average molecular weight is 444 g/mol. The predicted octanol–water partition coefficient (Wildman–Crippen LogP) is 2.66. The van der Waals surface area contributed by atoms with Crippen LogP contribution in [-0.2, 0) is 21.0 Å². The number of anilines is 1. The summed E-state index contributed by atoms with van der Waals surface area (Å²) in [5.41, 5.74) is 2.69. The highest BCUT2D eigenvalue weighted by atomic mass is 32.2. The zero-order valence-corrected chi connectivity index (χ0v) is 18.1. The van der Waals surface area contributed by atoms with E-state index in [1.165, 1.54) is 6.26 Å². The molecule has 1 N–H and O–H groups in total. The normalized spacial score (nSPS) is 15.3. The van der Waals surface area contributed by atoms with Crippen molar-refractivity contribution in [2.45, 2.75) is 6.42 Å². The second kappa shape index (κ2) is 7.60. The molecule has 1 saturated heterocycles. The van der Waals surface area contributed by atoms with E-state index in [0.717, 1.165) is 50.5 Å². The maximum absolute atomic E-state index is 11.6. The maximum atomic E-state index is 11.6. The van der Waals surface area contributed by atoms with Gasteiger partial charge >= 0.3 is 0 Å². The molecular weight excluding hydrogens is 422 g/mol. The number of sulfone groups is 1. The van der Waals surface area contributed by atoms with Crippen LogP contribution in [0.1, 0.15) is 4.88 Å².